The highest BCUT2D eigenvalue weighted by atomic mass is 32.1. The first-order chi connectivity index (χ1) is 12.3. The van der Waals surface area contributed by atoms with Crippen molar-refractivity contribution in [2.24, 2.45) is 0 Å². The number of aromatic nitrogens is 1. The number of nitrogens with one attached hydrogen (secondary N) is 1. The molecule has 1 aliphatic carbocycles. The van der Waals surface area contributed by atoms with E-state index < -0.39 is 6.10 Å². The van der Waals surface area contributed by atoms with E-state index in [1.54, 1.807) is 11.3 Å². The number of thiazole rings is 1. The SMILES string of the molecule is O=C(Nc1nc2c(s1)CCC2)C(Oc1ccccc1)c1ccccc1. The summed E-state index contributed by atoms with van der Waals surface area (Å²) in [7, 11) is 0. The molecule has 1 N–H and O–H groups in total. The molecule has 5 heteroatoms. The predicted molar refractivity (Wildman–Crippen MR) is 99.0 cm³/mol. The lowest BCUT2D eigenvalue weighted by Crippen LogP contribution is -2.25. The number of carbonyl (C=O) groups is 1. The third kappa shape index (κ3) is 3.56. The Morgan fingerprint density at radius 2 is 1.76 bits per heavy atom. The Labute approximate surface area is 150 Å². The molecule has 0 saturated heterocycles. The van der Waals surface area contributed by atoms with Crippen LogP contribution in [-0.2, 0) is 17.6 Å². The molecule has 1 atom stereocenters. The Morgan fingerprint density at radius 1 is 1.04 bits per heavy atom. The number of ether oxygens (including phenoxy) is 1. The van der Waals surface area contributed by atoms with Gasteiger partial charge >= 0.3 is 0 Å². The fourth-order valence-corrected chi connectivity index (χ4v) is 4.00. The third-order valence-corrected chi connectivity index (χ3v) is 5.24. The molecule has 0 radical (unpaired) electrons. The second kappa shape index (κ2) is 7.07. The van der Waals surface area contributed by atoms with E-state index in [2.05, 4.69) is 10.3 Å². The van der Waals surface area contributed by atoms with Gasteiger partial charge < -0.3 is 4.74 Å². The summed E-state index contributed by atoms with van der Waals surface area (Å²) in [6.45, 7) is 0. The van der Waals surface area contributed by atoms with E-state index in [1.165, 1.54) is 4.88 Å². The average molecular weight is 350 g/mol. The molecule has 4 nitrogen and oxygen atoms in total. The molecule has 1 aromatic heterocycles. The van der Waals surface area contributed by atoms with Crippen LogP contribution in [0.1, 0.15) is 28.7 Å². The zero-order valence-corrected chi connectivity index (χ0v) is 14.5. The highest BCUT2D eigenvalue weighted by Gasteiger charge is 2.25. The smallest absolute Gasteiger partial charge is 0.271 e. The van der Waals surface area contributed by atoms with E-state index in [0.29, 0.717) is 10.9 Å². The topological polar surface area (TPSA) is 51.2 Å². The number of hydrogen-bond donors (Lipinski definition) is 1. The van der Waals surface area contributed by atoms with E-state index in [0.717, 1.165) is 30.5 Å². The zero-order chi connectivity index (χ0) is 17.1. The summed E-state index contributed by atoms with van der Waals surface area (Å²) in [5.74, 6) is 0.454. The monoisotopic (exact) mass is 350 g/mol. The lowest BCUT2D eigenvalue weighted by atomic mass is 10.1. The number of rotatable bonds is 5. The third-order valence-electron chi connectivity index (χ3n) is 4.16. The van der Waals surface area contributed by atoms with Gasteiger partial charge in [-0.25, -0.2) is 4.98 Å². The van der Waals surface area contributed by atoms with Crippen molar-refractivity contribution in [1.82, 2.24) is 4.98 Å². The molecule has 4 rings (SSSR count). The summed E-state index contributed by atoms with van der Waals surface area (Å²) in [5, 5.41) is 3.59. The average Bonchev–Trinajstić information content (AvgIpc) is 3.23. The summed E-state index contributed by atoms with van der Waals surface area (Å²) < 4.78 is 5.98. The normalized spacial score (nSPS) is 13.9. The highest BCUT2D eigenvalue weighted by molar-refractivity contribution is 7.15. The molecule has 0 aliphatic heterocycles. The van der Waals surface area contributed by atoms with Gasteiger partial charge in [0.05, 0.1) is 5.69 Å². The van der Waals surface area contributed by atoms with E-state index in [-0.39, 0.29) is 5.91 Å². The van der Waals surface area contributed by atoms with E-state index >= 15 is 0 Å². The molecule has 1 heterocycles. The molecule has 2 aromatic carbocycles. The molecule has 0 saturated carbocycles. The minimum absolute atomic E-state index is 0.206. The molecule has 0 fully saturated rings. The first-order valence-electron chi connectivity index (χ1n) is 8.36. The summed E-state index contributed by atoms with van der Waals surface area (Å²) in [6.07, 6.45) is 2.50. The number of nitrogens with zero attached hydrogens (tertiary/aromatic N) is 1. The molecule has 0 spiro atoms. The molecular formula is C20H18N2O2S. The maximum absolute atomic E-state index is 12.9. The first kappa shape index (κ1) is 15.8. The Morgan fingerprint density at radius 3 is 2.48 bits per heavy atom. The van der Waals surface area contributed by atoms with Crippen LogP contribution < -0.4 is 10.1 Å². The standard InChI is InChI=1S/C20H18N2O2S/c23-19(22-20-21-16-12-7-13-17(16)25-20)18(14-8-3-1-4-9-14)24-15-10-5-2-6-11-15/h1-6,8-11,18H,7,12-13H2,(H,21,22,23). The molecule has 1 amide bonds. The van der Waals surface area contributed by atoms with Gasteiger partial charge in [0.15, 0.2) is 5.13 Å². The maximum Gasteiger partial charge on any atom is 0.271 e. The van der Waals surface area contributed by atoms with Gasteiger partial charge in [-0.15, -0.1) is 11.3 Å². The fourth-order valence-electron chi connectivity index (χ4n) is 2.95. The number of hydrogen-bond acceptors (Lipinski definition) is 4. The van der Waals surface area contributed by atoms with Crippen molar-refractivity contribution >= 4 is 22.4 Å². The first-order valence-corrected chi connectivity index (χ1v) is 9.17. The maximum atomic E-state index is 12.9. The summed E-state index contributed by atoms with van der Waals surface area (Å²) in [5.41, 5.74) is 1.94. The zero-order valence-electron chi connectivity index (χ0n) is 13.6. The van der Waals surface area contributed by atoms with Crippen molar-refractivity contribution < 1.29 is 9.53 Å². The molecule has 1 unspecified atom stereocenters. The summed E-state index contributed by atoms with van der Waals surface area (Å²) in [6, 6.07) is 18.9. The number of fused-ring (bicyclic) bond motifs is 1. The Hall–Kier alpha value is -2.66. The second-order valence-electron chi connectivity index (χ2n) is 5.95. The van der Waals surface area contributed by atoms with Crippen molar-refractivity contribution in [3.63, 3.8) is 0 Å². The molecular weight excluding hydrogens is 332 g/mol. The lowest BCUT2D eigenvalue weighted by molar-refractivity contribution is -0.123. The number of para-hydroxylation sites is 1. The highest BCUT2D eigenvalue weighted by Crippen LogP contribution is 2.31. The quantitative estimate of drug-likeness (QED) is 0.742. The second-order valence-corrected chi connectivity index (χ2v) is 7.04. The largest absolute Gasteiger partial charge is 0.476 e. The number of carbonyl (C=O) groups excluding carboxylic acids is 1. The van der Waals surface area contributed by atoms with Gasteiger partial charge in [-0.05, 0) is 31.4 Å². The van der Waals surface area contributed by atoms with Crippen molar-refractivity contribution in [3.05, 3.63) is 76.8 Å². The van der Waals surface area contributed by atoms with Crippen LogP contribution in [0.2, 0.25) is 0 Å². The number of anilines is 1. The minimum Gasteiger partial charge on any atom is -0.476 e. The van der Waals surface area contributed by atoms with Crippen molar-refractivity contribution in [1.29, 1.82) is 0 Å². The fraction of sp³-hybridized carbons (Fsp3) is 0.200. The molecule has 1 aliphatic rings. The van der Waals surface area contributed by atoms with Gasteiger partial charge in [0.2, 0.25) is 6.10 Å². The molecule has 0 bridgehead atoms. The lowest BCUT2D eigenvalue weighted by Gasteiger charge is -2.18. The van der Waals surface area contributed by atoms with Crippen LogP contribution in [0.4, 0.5) is 5.13 Å². The van der Waals surface area contributed by atoms with Crippen LogP contribution in [0.5, 0.6) is 5.75 Å². The molecule has 25 heavy (non-hydrogen) atoms. The van der Waals surface area contributed by atoms with Gasteiger partial charge in [-0.3, -0.25) is 10.1 Å². The molecule has 3 aromatic rings. The van der Waals surface area contributed by atoms with E-state index in [9.17, 15) is 4.79 Å². The minimum atomic E-state index is -0.720. The van der Waals surface area contributed by atoms with Crippen LogP contribution in [0.25, 0.3) is 0 Å². The Kier molecular flexibility index (Phi) is 4.48. The van der Waals surface area contributed by atoms with Gasteiger partial charge in [0.1, 0.15) is 5.75 Å². The van der Waals surface area contributed by atoms with E-state index in [1.807, 2.05) is 60.7 Å². The predicted octanol–water partition coefficient (Wildman–Crippen LogP) is 4.39. The van der Waals surface area contributed by atoms with Crippen LogP contribution in [-0.4, -0.2) is 10.9 Å². The van der Waals surface area contributed by atoms with Crippen molar-refractivity contribution in [2.75, 3.05) is 5.32 Å². The number of amides is 1. The molecule has 126 valence electrons. The number of benzene rings is 2. The van der Waals surface area contributed by atoms with Gasteiger partial charge in [-0.1, -0.05) is 48.5 Å². The van der Waals surface area contributed by atoms with Gasteiger partial charge in [-0.2, -0.15) is 0 Å². The Bertz CT molecular complexity index is 840. The van der Waals surface area contributed by atoms with Crippen molar-refractivity contribution in [3.8, 4) is 5.75 Å². The Balaban J connectivity index is 1.57. The van der Waals surface area contributed by atoms with Crippen LogP contribution in [0.15, 0.2) is 60.7 Å². The van der Waals surface area contributed by atoms with E-state index in [4.69, 9.17) is 4.74 Å². The van der Waals surface area contributed by atoms with Crippen LogP contribution >= 0.6 is 11.3 Å². The van der Waals surface area contributed by atoms with Crippen LogP contribution in [0, 0.1) is 0 Å². The van der Waals surface area contributed by atoms with Crippen LogP contribution in [0.3, 0.4) is 0 Å². The summed E-state index contributed by atoms with van der Waals surface area (Å²) in [4.78, 5) is 18.7. The number of aryl methyl sites for hydroxylation is 2. The summed E-state index contributed by atoms with van der Waals surface area (Å²) >= 11 is 1.57. The van der Waals surface area contributed by atoms with Crippen molar-refractivity contribution in [2.45, 2.75) is 25.4 Å². The van der Waals surface area contributed by atoms with Gasteiger partial charge in [0.25, 0.3) is 5.91 Å². The van der Waals surface area contributed by atoms with Gasteiger partial charge in [0, 0.05) is 10.4 Å².